The third-order valence-electron chi connectivity index (χ3n) is 5.61. The van der Waals surface area contributed by atoms with Crippen LogP contribution >= 0.6 is 0 Å². The number of sulfonamides is 1. The highest BCUT2D eigenvalue weighted by molar-refractivity contribution is 7.89. The zero-order valence-electron chi connectivity index (χ0n) is 16.4. The SMILES string of the molecule is COc1cc(C)c(S(=O)(=O)N2CCC(NCC3CC3)CC2)cc1C(C)C. The van der Waals surface area contributed by atoms with E-state index >= 15 is 0 Å². The summed E-state index contributed by atoms with van der Waals surface area (Å²) in [5.74, 6) is 1.82. The molecule has 0 atom stereocenters. The quantitative estimate of drug-likeness (QED) is 0.789. The van der Waals surface area contributed by atoms with E-state index in [9.17, 15) is 8.42 Å². The number of hydrogen-bond donors (Lipinski definition) is 1. The van der Waals surface area contributed by atoms with Crippen LogP contribution in [0.2, 0.25) is 0 Å². The normalized spacial score (nSPS) is 19.9. The molecule has 0 amide bonds. The van der Waals surface area contributed by atoms with Crippen LogP contribution < -0.4 is 10.1 Å². The average Bonchev–Trinajstić information content (AvgIpc) is 3.44. The van der Waals surface area contributed by atoms with Gasteiger partial charge >= 0.3 is 0 Å². The molecule has 1 heterocycles. The van der Waals surface area contributed by atoms with E-state index in [1.54, 1.807) is 11.4 Å². The van der Waals surface area contributed by atoms with Gasteiger partial charge in [0.2, 0.25) is 10.0 Å². The fourth-order valence-corrected chi connectivity index (χ4v) is 5.39. The van der Waals surface area contributed by atoms with E-state index in [4.69, 9.17) is 4.74 Å². The fourth-order valence-electron chi connectivity index (χ4n) is 3.68. The molecule has 0 bridgehead atoms. The Bertz CT molecular complexity index is 734. The first-order chi connectivity index (χ1) is 12.3. The lowest BCUT2D eigenvalue weighted by Crippen LogP contribution is -2.45. The molecule has 0 unspecified atom stereocenters. The summed E-state index contributed by atoms with van der Waals surface area (Å²) in [5.41, 5.74) is 1.69. The fraction of sp³-hybridized carbons (Fsp3) is 0.700. The van der Waals surface area contributed by atoms with Gasteiger partial charge in [0.25, 0.3) is 0 Å². The van der Waals surface area contributed by atoms with Crippen LogP contribution in [0.3, 0.4) is 0 Å². The molecule has 1 saturated carbocycles. The predicted molar refractivity (Wildman–Crippen MR) is 104 cm³/mol. The zero-order valence-corrected chi connectivity index (χ0v) is 17.2. The second kappa shape index (κ2) is 7.87. The minimum absolute atomic E-state index is 0.205. The smallest absolute Gasteiger partial charge is 0.243 e. The first-order valence-corrected chi connectivity index (χ1v) is 11.2. The third-order valence-corrected chi connectivity index (χ3v) is 7.65. The van der Waals surface area contributed by atoms with Gasteiger partial charge in [0.05, 0.1) is 12.0 Å². The van der Waals surface area contributed by atoms with Gasteiger partial charge in [-0.15, -0.1) is 0 Å². The Kier molecular flexibility index (Phi) is 5.94. The Morgan fingerprint density at radius 3 is 2.38 bits per heavy atom. The molecule has 0 radical (unpaired) electrons. The highest BCUT2D eigenvalue weighted by Crippen LogP contribution is 2.33. The van der Waals surface area contributed by atoms with Crippen LogP contribution in [0.15, 0.2) is 17.0 Å². The monoisotopic (exact) mass is 380 g/mol. The molecular formula is C20H32N2O3S. The largest absolute Gasteiger partial charge is 0.496 e. The van der Waals surface area contributed by atoms with Crippen molar-refractivity contribution in [3.05, 3.63) is 23.3 Å². The summed E-state index contributed by atoms with van der Waals surface area (Å²) >= 11 is 0. The summed E-state index contributed by atoms with van der Waals surface area (Å²) in [6, 6.07) is 4.11. The molecule has 1 aromatic carbocycles. The van der Waals surface area contributed by atoms with Crippen molar-refractivity contribution < 1.29 is 13.2 Å². The zero-order chi connectivity index (χ0) is 18.9. The Balaban J connectivity index is 1.74. The maximum Gasteiger partial charge on any atom is 0.243 e. The third kappa shape index (κ3) is 4.24. The minimum Gasteiger partial charge on any atom is -0.496 e. The molecule has 5 nitrogen and oxygen atoms in total. The Morgan fingerprint density at radius 1 is 1.19 bits per heavy atom. The van der Waals surface area contributed by atoms with Crippen molar-refractivity contribution in [2.45, 2.75) is 63.3 Å². The number of methoxy groups -OCH3 is 1. The van der Waals surface area contributed by atoms with E-state index in [2.05, 4.69) is 19.2 Å². The summed E-state index contributed by atoms with van der Waals surface area (Å²) in [4.78, 5) is 0.423. The molecule has 6 heteroatoms. The van der Waals surface area contributed by atoms with E-state index in [0.717, 1.165) is 42.2 Å². The van der Waals surface area contributed by atoms with E-state index in [-0.39, 0.29) is 5.92 Å². The topological polar surface area (TPSA) is 58.6 Å². The van der Waals surface area contributed by atoms with Crippen LogP contribution in [0.1, 0.15) is 56.6 Å². The molecule has 1 aromatic rings. The van der Waals surface area contributed by atoms with Crippen molar-refractivity contribution in [2.75, 3.05) is 26.7 Å². The van der Waals surface area contributed by atoms with E-state index < -0.39 is 10.0 Å². The summed E-state index contributed by atoms with van der Waals surface area (Å²) in [7, 11) is -1.83. The van der Waals surface area contributed by atoms with Gasteiger partial charge < -0.3 is 10.1 Å². The van der Waals surface area contributed by atoms with Gasteiger partial charge in [0.1, 0.15) is 5.75 Å². The van der Waals surface area contributed by atoms with Crippen molar-refractivity contribution in [1.29, 1.82) is 0 Å². The number of aryl methyl sites for hydroxylation is 1. The van der Waals surface area contributed by atoms with E-state index in [1.807, 2.05) is 19.1 Å². The molecule has 2 aliphatic rings. The first kappa shape index (κ1) is 19.6. The van der Waals surface area contributed by atoms with Gasteiger partial charge in [-0.3, -0.25) is 0 Å². The summed E-state index contributed by atoms with van der Waals surface area (Å²) in [6.07, 6.45) is 4.46. The van der Waals surface area contributed by atoms with Crippen molar-refractivity contribution in [3.63, 3.8) is 0 Å². The van der Waals surface area contributed by atoms with Gasteiger partial charge in [-0.1, -0.05) is 13.8 Å². The minimum atomic E-state index is -3.47. The Morgan fingerprint density at radius 2 is 1.85 bits per heavy atom. The van der Waals surface area contributed by atoms with Crippen LogP contribution in [-0.2, 0) is 10.0 Å². The van der Waals surface area contributed by atoms with Crippen LogP contribution in [0, 0.1) is 12.8 Å². The first-order valence-electron chi connectivity index (χ1n) is 9.75. The van der Waals surface area contributed by atoms with Gasteiger partial charge in [-0.05, 0) is 74.2 Å². The second-order valence-electron chi connectivity index (χ2n) is 8.04. The summed E-state index contributed by atoms with van der Waals surface area (Å²) in [5, 5.41) is 3.61. The van der Waals surface area contributed by atoms with Gasteiger partial charge in [0.15, 0.2) is 0 Å². The van der Waals surface area contributed by atoms with Crippen molar-refractivity contribution in [2.24, 2.45) is 5.92 Å². The summed E-state index contributed by atoms with van der Waals surface area (Å²) in [6.45, 7) is 8.23. The predicted octanol–water partition coefficient (Wildman–Crippen LogP) is 3.28. The number of rotatable bonds is 7. The lowest BCUT2D eigenvalue weighted by molar-refractivity contribution is 0.288. The Labute approximate surface area is 158 Å². The lowest BCUT2D eigenvalue weighted by atomic mass is 10.0. The Hall–Kier alpha value is -1.11. The molecule has 1 N–H and O–H groups in total. The molecule has 1 saturated heterocycles. The summed E-state index contributed by atoms with van der Waals surface area (Å²) < 4.78 is 33.6. The number of ether oxygens (including phenoxy) is 1. The standard InChI is InChI=1S/C20H32N2O3S/c1-14(2)18-12-20(15(3)11-19(18)25-4)26(23,24)22-9-7-17(8-10-22)21-13-16-5-6-16/h11-12,14,16-17,21H,5-10,13H2,1-4H3. The van der Waals surface area contributed by atoms with Crippen LogP contribution in [0.4, 0.5) is 0 Å². The number of piperidine rings is 1. The number of nitrogens with zero attached hydrogens (tertiary/aromatic N) is 1. The second-order valence-corrected chi connectivity index (χ2v) is 9.95. The molecule has 1 aliphatic heterocycles. The molecule has 3 rings (SSSR count). The number of nitrogens with one attached hydrogen (secondary N) is 1. The molecule has 0 aromatic heterocycles. The van der Waals surface area contributed by atoms with Crippen LogP contribution in [0.5, 0.6) is 5.75 Å². The highest BCUT2D eigenvalue weighted by Gasteiger charge is 2.32. The molecule has 146 valence electrons. The van der Waals surface area contributed by atoms with Crippen molar-refractivity contribution >= 4 is 10.0 Å². The average molecular weight is 381 g/mol. The van der Waals surface area contributed by atoms with Gasteiger partial charge in [-0.2, -0.15) is 4.31 Å². The number of hydrogen-bond acceptors (Lipinski definition) is 4. The molecule has 26 heavy (non-hydrogen) atoms. The van der Waals surface area contributed by atoms with Gasteiger partial charge in [0, 0.05) is 19.1 Å². The molecular weight excluding hydrogens is 348 g/mol. The van der Waals surface area contributed by atoms with E-state index in [1.165, 1.54) is 12.8 Å². The van der Waals surface area contributed by atoms with E-state index in [0.29, 0.717) is 24.0 Å². The maximum absolute atomic E-state index is 13.2. The molecule has 2 fully saturated rings. The van der Waals surface area contributed by atoms with Gasteiger partial charge in [-0.25, -0.2) is 8.42 Å². The number of benzene rings is 1. The molecule has 0 spiro atoms. The lowest BCUT2D eigenvalue weighted by Gasteiger charge is -2.32. The highest BCUT2D eigenvalue weighted by atomic mass is 32.2. The van der Waals surface area contributed by atoms with Crippen molar-refractivity contribution in [3.8, 4) is 5.75 Å². The molecule has 1 aliphatic carbocycles. The van der Waals surface area contributed by atoms with Crippen LogP contribution in [-0.4, -0.2) is 45.5 Å². The van der Waals surface area contributed by atoms with Crippen LogP contribution in [0.25, 0.3) is 0 Å². The van der Waals surface area contributed by atoms with Crippen molar-refractivity contribution in [1.82, 2.24) is 9.62 Å². The maximum atomic E-state index is 13.2.